The van der Waals surface area contributed by atoms with Crippen molar-refractivity contribution >= 4 is 12.1 Å². The summed E-state index contributed by atoms with van der Waals surface area (Å²) in [7, 11) is 0. The van der Waals surface area contributed by atoms with Crippen molar-refractivity contribution in [3.8, 4) is 0 Å². The number of esters is 1. The first kappa shape index (κ1) is 13.7. The van der Waals surface area contributed by atoms with Gasteiger partial charge in [0.2, 0.25) is 0 Å². The Hall–Kier alpha value is -2.30. The molecule has 21 heavy (non-hydrogen) atoms. The number of hydrogen-bond donors (Lipinski definition) is 0. The molecule has 0 N–H and O–H groups in total. The van der Waals surface area contributed by atoms with Crippen molar-refractivity contribution in [2.45, 2.75) is 31.6 Å². The van der Waals surface area contributed by atoms with E-state index in [9.17, 15) is 9.59 Å². The highest BCUT2D eigenvalue weighted by Crippen LogP contribution is 2.26. The molecule has 0 spiro atoms. The molecule has 1 aromatic carbocycles. The van der Waals surface area contributed by atoms with E-state index in [0.717, 1.165) is 18.4 Å². The molecule has 0 bridgehead atoms. The third kappa shape index (κ3) is 3.07. The van der Waals surface area contributed by atoms with Crippen molar-refractivity contribution in [3.63, 3.8) is 0 Å². The molecule has 2 atom stereocenters. The van der Waals surface area contributed by atoms with Crippen LogP contribution in [-0.2, 0) is 20.9 Å². The minimum absolute atomic E-state index is 0.115. The van der Waals surface area contributed by atoms with Crippen molar-refractivity contribution in [2.24, 2.45) is 0 Å². The van der Waals surface area contributed by atoms with Crippen LogP contribution >= 0.6 is 0 Å². The van der Waals surface area contributed by atoms with Crippen LogP contribution in [0.25, 0.3) is 0 Å². The number of hydrogen-bond acceptors (Lipinski definition) is 4. The fraction of sp³-hybridized carbons (Fsp3) is 0.375. The molecule has 3 rings (SSSR count). The Morgan fingerprint density at radius 3 is 2.86 bits per heavy atom. The molecule has 1 amide bonds. The van der Waals surface area contributed by atoms with Gasteiger partial charge in [-0.25, -0.2) is 9.59 Å². The van der Waals surface area contributed by atoms with E-state index in [2.05, 4.69) is 0 Å². The number of amides is 1. The summed E-state index contributed by atoms with van der Waals surface area (Å²) in [5, 5.41) is 0. The summed E-state index contributed by atoms with van der Waals surface area (Å²) < 4.78 is 10.5. The monoisotopic (exact) mass is 287 g/mol. The average Bonchev–Trinajstić information content (AvgIpc) is 3.14. The molecule has 5 nitrogen and oxygen atoms in total. The van der Waals surface area contributed by atoms with Gasteiger partial charge in [0.1, 0.15) is 12.7 Å². The van der Waals surface area contributed by atoms with Gasteiger partial charge in [-0.1, -0.05) is 30.3 Å². The first-order chi connectivity index (χ1) is 10.2. The minimum atomic E-state index is -0.349. The molecule has 5 heteroatoms. The fourth-order valence-electron chi connectivity index (χ4n) is 2.76. The molecule has 0 unspecified atom stereocenters. The Labute approximate surface area is 123 Å². The number of nitrogens with zero attached hydrogens (tertiary/aromatic N) is 1. The van der Waals surface area contributed by atoms with Gasteiger partial charge in [-0.15, -0.1) is 0 Å². The van der Waals surface area contributed by atoms with Crippen LogP contribution in [0.1, 0.15) is 18.4 Å². The van der Waals surface area contributed by atoms with Crippen molar-refractivity contribution < 1.29 is 19.1 Å². The van der Waals surface area contributed by atoms with Crippen molar-refractivity contribution in [1.29, 1.82) is 0 Å². The third-order valence-electron chi connectivity index (χ3n) is 3.79. The fourth-order valence-corrected chi connectivity index (χ4v) is 2.76. The van der Waals surface area contributed by atoms with Crippen molar-refractivity contribution in [1.82, 2.24) is 4.90 Å². The molecule has 1 aromatic rings. The number of likely N-dealkylation sites (tertiary alicyclic amines) is 1. The lowest BCUT2D eigenvalue weighted by Crippen LogP contribution is -2.42. The van der Waals surface area contributed by atoms with Crippen LogP contribution < -0.4 is 0 Å². The zero-order chi connectivity index (χ0) is 14.7. The molecule has 1 saturated heterocycles. The zero-order valence-corrected chi connectivity index (χ0v) is 11.6. The Bertz CT molecular complexity index is 555. The second kappa shape index (κ2) is 5.99. The largest absolute Gasteiger partial charge is 0.453 e. The molecule has 0 aliphatic carbocycles. The normalized spacial score (nSPS) is 24.2. The van der Waals surface area contributed by atoms with Gasteiger partial charge in [0.15, 0.2) is 0 Å². The minimum Gasteiger partial charge on any atom is -0.453 e. The maximum Gasteiger partial charge on any atom is 0.410 e. The van der Waals surface area contributed by atoms with Crippen LogP contribution in [0.5, 0.6) is 0 Å². The van der Waals surface area contributed by atoms with E-state index in [-0.39, 0.29) is 30.8 Å². The summed E-state index contributed by atoms with van der Waals surface area (Å²) in [4.78, 5) is 25.0. The van der Waals surface area contributed by atoms with Crippen LogP contribution in [0.3, 0.4) is 0 Å². The highest BCUT2D eigenvalue weighted by Gasteiger charge is 2.38. The second-order valence-corrected chi connectivity index (χ2v) is 5.20. The predicted octanol–water partition coefficient (Wildman–Crippen LogP) is 2.27. The SMILES string of the molecule is O=C1C=C[C@H]([C@@H]2CCCN2C(=O)OCc2ccccc2)O1. The van der Waals surface area contributed by atoms with Gasteiger partial charge in [0.25, 0.3) is 0 Å². The summed E-state index contributed by atoms with van der Waals surface area (Å²) in [5.74, 6) is -0.343. The Morgan fingerprint density at radius 1 is 1.33 bits per heavy atom. The molecule has 0 saturated carbocycles. The van der Waals surface area contributed by atoms with E-state index in [1.807, 2.05) is 30.3 Å². The van der Waals surface area contributed by atoms with Crippen LogP contribution in [0.15, 0.2) is 42.5 Å². The molecule has 0 aromatic heterocycles. The third-order valence-corrected chi connectivity index (χ3v) is 3.79. The van der Waals surface area contributed by atoms with Crippen LogP contribution in [-0.4, -0.2) is 35.7 Å². The van der Waals surface area contributed by atoms with Gasteiger partial charge in [0, 0.05) is 12.6 Å². The molecule has 110 valence electrons. The summed E-state index contributed by atoms with van der Waals surface area (Å²) >= 11 is 0. The average molecular weight is 287 g/mol. The summed E-state index contributed by atoms with van der Waals surface area (Å²) in [6.45, 7) is 0.892. The van der Waals surface area contributed by atoms with Gasteiger partial charge in [0.05, 0.1) is 6.04 Å². The van der Waals surface area contributed by atoms with Gasteiger partial charge in [-0.2, -0.15) is 0 Å². The number of rotatable bonds is 3. The van der Waals surface area contributed by atoms with Gasteiger partial charge < -0.3 is 14.4 Å². The quantitative estimate of drug-likeness (QED) is 0.800. The van der Waals surface area contributed by atoms with E-state index in [0.29, 0.717) is 6.54 Å². The van der Waals surface area contributed by atoms with Crippen molar-refractivity contribution in [2.75, 3.05) is 6.54 Å². The summed E-state index contributed by atoms with van der Waals surface area (Å²) in [6, 6.07) is 9.44. The molecule has 0 radical (unpaired) electrons. The predicted molar refractivity (Wildman–Crippen MR) is 75.4 cm³/mol. The van der Waals surface area contributed by atoms with E-state index in [1.54, 1.807) is 11.0 Å². The topological polar surface area (TPSA) is 55.8 Å². The van der Waals surface area contributed by atoms with Gasteiger partial charge in [-0.3, -0.25) is 0 Å². The number of carbonyl (C=O) groups excluding carboxylic acids is 2. The Balaban J connectivity index is 1.58. The van der Waals surface area contributed by atoms with Crippen LogP contribution in [0.2, 0.25) is 0 Å². The zero-order valence-electron chi connectivity index (χ0n) is 11.6. The summed E-state index contributed by atoms with van der Waals surface area (Å²) in [6.07, 6.45) is 4.16. The van der Waals surface area contributed by atoms with E-state index >= 15 is 0 Å². The first-order valence-electron chi connectivity index (χ1n) is 7.10. The van der Waals surface area contributed by atoms with Gasteiger partial charge >= 0.3 is 12.1 Å². The lowest BCUT2D eigenvalue weighted by atomic mass is 10.1. The van der Waals surface area contributed by atoms with Crippen molar-refractivity contribution in [3.05, 3.63) is 48.0 Å². The second-order valence-electron chi connectivity index (χ2n) is 5.20. The lowest BCUT2D eigenvalue weighted by molar-refractivity contribution is -0.140. The maximum absolute atomic E-state index is 12.2. The van der Waals surface area contributed by atoms with E-state index in [1.165, 1.54) is 6.08 Å². The molecular weight excluding hydrogens is 270 g/mol. The van der Waals surface area contributed by atoms with Crippen LogP contribution in [0, 0.1) is 0 Å². The number of benzene rings is 1. The van der Waals surface area contributed by atoms with E-state index < -0.39 is 0 Å². The standard InChI is InChI=1S/C16H17NO4/c18-15-9-8-14(21-15)13-7-4-10-17(13)16(19)20-11-12-5-2-1-3-6-12/h1-3,5-6,8-9,13-14H,4,7,10-11H2/t13-,14+/m0/s1. The Morgan fingerprint density at radius 2 is 2.14 bits per heavy atom. The smallest absolute Gasteiger partial charge is 0.410 e. The maximum atomic E-state index is 12.2. The number of ether oxygens (including phenoxy) is 2. The first-order valence-corrected chi connectivity index (χ1v) is 7.10. The van der Waals surface area contributed by atoms with Gasteiger partial charge in [-0.05, 0) is 24.5 Å². The lowest BCUT2D eigenvalue weighted by Gasteiger charge is -2.27. The summed E-state index contributed by atoms with van der Waals surface area (Å²) in [5.41, 5.74) is 0.953. The highest BCUT2D eigenvalue weighted by molar-refractivity contribution is 5.84. The van der Waals surface area contributed by atoms with Crippen LogP contribution in [0.4, 0.5) is 4.79 Å². The number of carbonyl (C=O) groups is 2. The molecule has 1 fully saturated rings. The Kier molecular flexibility index (Phi) is 3.90. The molecule has 2 aliphatic rings. The van der Waals surface area contributed by atoms with E-state index in [4.69, 9.17) is 9.47 Å². The molecule has 2 heterocycles. The molecular formula is C16H17NO4. The molecule has 2 aliphatic heterocycles. The highest BCUT2D eigenvalue weighted by atomic mass is 16.6. The number of cyclic esters (lactones) is 1.